The van der Waals surface area contributed by atoms with Crippen molar-refractivity contribution < 1.29 is 19.1 Å². The van der Waals surface area contributed by atoms with Crippen molar-refractivity contribution in [1.29, 1.82) is 0 Å². The Hall–Kier alpha value is -2.52. The van der Waals surface area contributed by atoms with Crippen molar-refractivity contribution in [1.82, 2.24) is 25.3 Å². The number of rotatable bonds is 9. The van der Waals surface area contributed by atoms with Crippen molar-refractivity contribution in [2.75, 3.05) is 19.6 Å². The van der Waals surface area contributed by atoms with Gasteiger partial charge >= 0.3 is 12.1 Å². The molecular weight excluding hydrogens is 614 g/mol. The predicted molar refractivity (Wildman–Crippen MR) is 187 cm³/mol. The third-order valence-electron chi connectivity index (χ3n) is 11.0. The zero-order chi connectivity index (χ0) is 33.7. The fraction of sp³-hybridized carbons (Fsp3) is 0.757. The molecule has 1 aliphatic carbocycles. The van der Waals surface area contributed by atoms with Crippen molar-refractivity contribution >= 4 is 29.6 Å². The van der Waals surface area contributed by atoms with Crippen LogP contribution in [-0.4, -0.2) is 94.2 Å². The van der Waals surface area contributed by atoms with Crippen molar-refractivity contribution in [3.8, 4) is 0 Å². The first-order valence-corrected chi connectivity index (χ1v) is 18.7. The molecule has 10 heteroatoms. The van der Waals surface area contributed by atoms with E-state index in [1.54, 1.807) is 4.90 Å². The van der Waals surface area contributed by atoms with E-state index in [9.17, 15) is 14.4 Å². The molecule has 4 aliphatic rings. The van der Waals surface area contributed by atoms with E-state index in [4.69, 9.17) is 16.3 Å². The number of fused-ring (bicyclic) bond motifs is 2. The second kappa shape index (κ2) is 15.8. The highest BCUT2D eigenvalue weighted by Gasteiger charge is 2.46. The summed E-state index contributed by atoms with van der Waals surface area (Å²) >= 11 is 6.18. The number of piperidine rings is 2. The number of nitrogens with one attached hydrogen (secondary N) is 2. The van der Waals surface area contributed by atoms with Gasteiger partial charge in [0.2, 0.25) is 5.91 Å². The molecule has 1 aromatic carbocycles. The highest BCUT2D eigenvalue weighted by molar-refractivity contribution is 6.30. The van der Waals surface area contributed by atoms with Crippen molar-refractivity contribution in [2.24, 2.45) is 5.92 Å². The van der Waals surface area contributed by atoms with Gasteiger partial charge in [0.25, 0.3) is 0 Å². The monoisotopic (exact) mass is 671 g/mol. The molecule has 4 fully saturated rings. The van der Waals surface area contributed by atoms with E-state index in [2.05, 4.69) is 29.4 Å². The summed E-state index contributed by atoms with van der Waals surface area (Å²) in [5.74, 6) is 0.729. The lowest BCUT2D eigenvalue weighted by atomic mass is 9.84. The summed E-state index contributed by atoms with van der Waals surface area (Å²) in [6.07, 6.45) is 11.6. The minimum absolute atomic E-state index is 0.0507. The van der Waals surface area contributed by atoms with E-state index < -0.39 is 5.60 Å². The van der Waals surface area contributed by atoms with Gasteiger partial charge < -0.3 is 30.1 Å². The molecule has 1 aromatic rings. The Bertz CT molecular complexity index is 1190. The minimum atomic E-state index is -0.527. The van der Waals surface area contributed by atoms with Gasteiger partial charge in [-0.25, -0.2) is 9.59 Å². The third kappa shape index (κ3) is 9.34. The Morgan fingerprint density at radius 3 is 2.13 bits per heavy atom. The lowest BCUT2D eigenvalue weighted by Gasteiger charge is -2.43. The molecule has 0 radical (unpaired) electrons. The van der Waals surface area contributed by atoms with Crippen LogP contribution in [0.4, 0.5) is 9.59 Å². The number of halogens is 1. The van der Waals surface area contributed by atoms with Crippen LogP contribution in [0, 0.1) is 5.92 Å². The SMILES string of the molecule is CCN(C(=O)NC1CC2CCC(C1)N2C(=O)[C@@H](Cc1ccc(Cl)cc1)NC1CCN(C(=O)OC(C)(C)C)CC1)C(C)C1CCCCC1. The summed E-state index contributed by atoms with van der Waals surface area (Å²) in [5, 5.41) is 7.80. The van der Waals surface area contributed by atoms with Crippen LogP contribution in [0.15, 0.2) is 24.3 Å². The Morgan fingerprint density at radius 2 is 1.55 bits per heavy atom. The summed E-state index contributed by atoms with van der Waals surface area (Å²) in [6.45, 7) is 11.9. The first-order chi connectivity index (χ1) is 22.4. The molecule has 2 N–H and O–H groups in total. The molecule has 4 amide bonds. The second-order valence-electron chi connectivity index (χ2n) is 15.5. The smallest absolute Gasteiger partial charge is 0.410 e. The summed E-state index contributed by atoms with van der Waals surface area (Å²) in [7, 11) is 0. The number of ether oxygens (including phenoxy) is 1. The molecule has 0 spiro atoms. The molecule has 1 saturated carbocycles. The van der Waals surface area contributed by atoms with E-state index in [-0.39, 0.29) is 54.3 Å². The van der Waals surface area contributed by atoms with Gasteiger partial charge in [0.1, 0.15) is 5.60 Å². The maximum absolute atomic E-state index is 14.4. The molecular formula is C37H58ClN5O4. The van der Waals surface area contributed by atoms with E-state index in [1.165, 1.54) is 32.1 Å². The van der Waals surface area contributed by atoms with Crippen LogP contribution in [0.3, 0.4) is 0 Å². The van der Waals surface area contributed by atoms with E-state index >= 15 is 0 Å². The summed E-state index contributed by atoms with van der Waals surface area (Å²) in [6, 6.07) is 8.13. The molecule has 47 heavy (non-hydrogen) atoms. The molecule has 262 valence electrons. The zero-order valence-electron chi connectivity index (χ0n) is 29.3. The molecule has 5 rings (SSSR count). The molecule has 9 nitrogen and oxygen atoms in total. The largest absolute Gasteiger partial charge is 0.444 e. The number of carbonyl (C=O) groups is 3. The quantitative estimate of drug-likeness (QED) is 0.303. The van der Waals surface area contributed by atoms with Crippen LogP contribution >= 0.6 is 11.6 Å². The Balaban J connectivity index is 1.21. The van der Waals surface area contributed by atoms with Gasteiger partial charge in [-0.3, -0.25) is 4.79 Å². The number of nitrogens with zero attached hydrogens (tertiary/aromatic N) is 3. The number of carbonyl (C=O) groups excluding carboxylic acids is 3. The topological polar surface area (TPSA) is 94.2 Å². The summed E-state index contributed by atoms with van der Waals surface area (Å²) in [5.41, 5.74) is 0.536. The standard InChI is InChI=1S/C37H58ClN5O4/c1-6-42(25(2)27-10-8-7-9-11-27)35(45)40-30-23-31-16-17-32(24-30)43(31)34(44)33(22-26-12-14-28(38)15-13-26)39-29-18-20-41(21-19-29)36(46)47-37(3,4)5/h12-15,25,27,29-33,39H,6-11,16-24H2,1-5H3,(H,40,45)/t25?,30?,31?,32?,33-/m1/s1. The first-order valence-electron chi connectivity index (χ1n) is 18.3. The normalized spacial score (nSPS) is 25.3. The number of hydrogen-bond acceptors (Lipinski definition) is 5. The fourth-order valence-electron chi connectivity index (χ4n) is 8.49. The molecule has 3 saturated heterocycles. The van der Waals surface area contributed by atoms with Gasteiger partial charge in [-0.15, -0.1) is 0 Å². The average molecular weight is 672 g/mol. The van der Waals surface area contributed by atoms with E-state index in [0.29, 0.717) is 37.0 Å². The van der Waals surface area contributed by atoms with Gasteiger partial charge in [0, 0.05) is 54.9 Å². The molecule has 4 atom stereocenters. The number of likely N-dealkylation sites (tertiary alicyclic amines) is 1. The lowest BCUT2D eigenvalue weighted by molar-refractivity contribution is -0.138. The van der Waals surface area contributed by atoms with Gasteiger partial charge in [-0.05, 0) is 116 Å². The van der Waals surface area contributed by atoms with Gasteiger partial charge in [-0.1, -0.05) is 43.0 Å². The first kappa shape index (κ1) is 35.8. The van der Waals surface area contributed by atoms with Gasteiger partial charge in [0.15, 0.2) is 0 Å². The molecule has 3 aliphatic heterocycles. The summed E-state index contributed by atoms with van der Waals surface area (Å²) in [4.78, 5) is 46.6. The maximum Gasteiger partial charge on any atom is 0.410 e. The molecule has 3 unspecified atom stereocenters. The molecule has 3 heterocycles. The van der Waals surface area contributed by atoms with Crippen LogP contribution in [0.25, 0.3) is 0 Å². The minimum Gasteiger partial charge on any atom is -0.444 e. The van der Waals surface area contributed by atoms with Crippen LogP contribution in [0.2, 0.25) is 5.02 Å². The number of benzene rings is 1. The lowest BCUT2D eigenvalue weighted by Crippen LogP contribution is -2.60. The number of amides is 4. The summed E-state index contributed by atoms with van der Waals surface area (Å²) < 4.78 is 5.59. The van der Waals surface area contributed by atoms with Crippen LogP contribution in [0.5, 0.6) is 0 Å². The van der Waals surface area contributed by atoms with Gasteiger partial charge in [-0.2, -0.15) is 0 Å². The van der Waals surface area contributed by atoms with Gasteiger partial charge in [0.05, 0.1) is 6.04 Å². The number of hydrogen-bond donors (Lipinski definition) is 2. The Kier molecular flexibility index (Phi) is 12.0. The number of urea groups is 1. The third-order valence-corrected chi connectivity index (χ3v) is 11.2. The fourth-order valence-corrected chi connectivity index (χ4v) is 8.62. The molecule has 0 aromatic heterocycles. The zero-order valence-corrected chi connectivity index (χ0v) is 30.1. The highest BCUT2D eigenvalue weighted by atomic mass is 35.5. The van der Waals surface area contributed by atoms with Crippen LogP contribution < -0.4 is 10.6 Å². The Morgan fingerprint density at radius 1 is 0.936 bits per heavy atom. The van der Waals surface area contributed by atoms with Crippen LogP contribution in [0.1, 0.15) is 111 Å². The van der Waals surface area contributed by atoms with Crippen molar-refractivity contribution in [2.45, 2.75) is 154 Å². The Labute approximate surface area is 287 Å². The molecule has 2 bridgehead atoms. The van der Waals surface area contributed by atoms with E-state index in [0.717, 1.165) is 44.1 Å². The van der Waals surface area contributed by atoms with Crippen molar-refractivity contribution in [3.05, 3.63) is 34.9 Å². The highest BCUT2D eigenvalue weighted by Crippen LogP contribution is 2.37. The maximum atomic E-state index is 14.4. The van der Waals surface area contributed by atoms with Crippen LogP contribution in [-0.2, 0) is 16.0 Å². The van der Waals surface area contributed by atoms with Crippen molar-refractivity contribution in [3.63, 3.8) is 0 Å². The average Bonchev–Trinajstić information content (AvgIpc) is 3.31. The van der Waals surface area contributed by atoms with E-state index in [1.807, 2.05) is 49.9 Å². The second-order valence-corrected chi connectivity index (χ2v) is 15.9. The predicted octanol–water partition coefficient (Wildman–Crippen LogP) is 6.76.